The summed E-state index contributed by atoms with van der Waals surface area (Å²) in [5, 5.41) is 9.08. The van der Waals surface area contributed by atoms with Crippen molar-refractivity contribution in [3.8, 4) is 11.5 Å². The van der Waals surface area contributed by atoms with Gasteiger partial charge >= 0.3 is 5.97 Å². The van der Waals surface area contributed by atoms with Gasteiger partial charge in [0.05, 0.1) is 18.4 Å². The van der Waals surface area contributed by atoms with Gasteiger partial charge in [-0.3, -0.25) is 4.79 Å². The lowest BCUT2D eigenvalue weighted by atomic mass is 9.97. The SMILES string of the molecule is CC.C\C=C/C=C\C=C(/C)c1nc(CCOc2ccc(CCC(=O)O)c(OC3CCCCC3)c2)co1. The Kier molecular flexibility index (Phi) is 13.2. The number of allylic oxidation sites excluding steroid dienone is 6. The fourth-order valence-electron chi connectivity index (χ4n) is 3.87. The van der Waals surface area contributed by atoms with Crippen molar-refractivity contribution in [2.45, 2.75) is 85.2 Å². The average molecular weight is 496 g/mol. The zero-order valence-electron chi connectivity index (χ0n) is 22.2. The Morgan fingerprint density at radius 2 is 1.92 bits per heavy atom. The van der Waals surface area contributed by atoms with Crippen molar-refractivity contribution in [1.29, 1.82) is 0 Å². The molecular weight excluding hydrogens is 454 g/mol. The van der Waals surface area contributed by atoms with Gasteiger partial charge in [-0.15, -0.1) is 0 Å². The van der Waals surface area contributed by atoms with E-state index < -0.39 is 5.97 Å². The summed E-state index contributed by atoms with van der Waals surface area (Å²) in [6.45, 7) is 8.39. The van der Waals surface area contributed by atoms with Crippen LogP contribution in [0.25, 0.3) is 5.57 Å². The van der Waals surface area contributed by atoms with Crippen molar-refractivity contribution >= 4 is 11.5 Å². The third-order valence-electron chi connectivity index (χ3n) is 5.77. The number of carbonyl (C=O) groups is 1. The second kappa shape index (κ2) is 16.4. The van der Waals surface area contributed by atoms with Crippen LogP contribution in [0, 0.1) is 0 Å². The number of ether oxygens (including phenoxy) is 2. The normalized spacial score (nSPS) is 14.6. The molecule has 1 aliphatic rings. The number of rotatable bonds is 12. The first-order valence-corrected chi connectivity index (χ1v) is 13.1. The molecule has 1 fully saturated rings. The average Bonchev–Trinajstić information content (AvgIpc) is 3.37. The minimum Gasteiger partial charge on any atom is -0.493 e. The molecule has 196 valence electrons. The van der Waals surface area contributed by atoms with E-state index >= 15 is 0 Å². The topological polar surface area (TPSA) is 81.8 Å². The molecule has 1 N–H and O–H groups in total. The van der Waals surface area contributed by atoms with Crippen LogP contribution in [-0.2, 0) is 17.6 Å². The first-order valence-electron chi connectivity index (χ1n) is 13.1. The molecule has 1 saturated carbocycles. The molecule has 1 aliphatic carbocycles. The smallest absolute Gasteiger partial charge is 0.303 e. The third-order valence-corrected chi connectivity index (χ3v) is 5.77. The van der Waals surface area contributed by atoms with Crippen LogP contribution in [-0.4, -0.2) is 28.8 Å². The number of hydrogen-bond acceptors (Lipinski definition) is 5. The van der Waals surface area contributed by atoms with Crippen molar-refractivity contribution in [2.75, 3.05) is 6.61 Å². The molecule has 0 spiro atoms. The fourth-order valence-corrected chi connectivity index (χ4v) is 3.87. The van der Waals surface area contributed by atoms with E-state index in [1.54, 1.807) is 6.26 Å². The Labute approximate surface area is 215 Å². The summed E-state index contributed by atoms with van der Waals surface area (Å²) in [7, 11) is 0. The Hall–Kier alpha value is -3.28. The number of oxazole rings is 1. The van der Waals surface area contributed by atoms with Gasteiger partial charge in [-0.1, -0.05) is 56.7 Å². The van der Waals surface area contributed by atoms with Crippen LogP contribution in [0.3, 0.4) is 0 Å². The maximum atomic E-state index is 11.1. The number of hydrogen-bond donors (Lipinski definition) is 1. The van der Waals surface area contributed by atoms with E-state index in [2.05, 4.69) is 4.98 Å². The van der Waals surface area contributed by atoms with E-state index in [0.717, 1.165) is 35.4 Å². The molecule has 0 amide bonds. The Balaban J connectivity index is 0.00000222. The van der Waals surface area contributed by atoms with Gasteiger partial charge in [-0.25, -0.2) is 4.98 Å². The lowest BCUT2D eigenvalue weighted by Crippen LogP contribution is -2.20. The molecule has 1 aromatic carbocycles. The molecule has 6 heteroatoms. The van der Waals surface area contributed by atoms with Gasteiger partial charge in [0.1, 0.15) is 17.8 Å². The highest BCUT2D eigenvalue weighted by molar-refractivity contribution is 5.67. The number of carboxylic acid groups (broad SMARTS) is 1. The largest absolute Gasteiger partial charge is 0.493 e. The Morgan fingerprint density at radius 1 is 1.14 bits per heavy atom. The molecule has 1 aromatic heterocycles. The van der Waals surface area contributed by atoms with Gasteiger partial charge in [-0.05, 0) is 57.6 Å². The van der Waals surface area contributed by atoms with E-state index in [9.17, 15) is 4.79 Å². The highest BCUT2D eigenvalue weighted by Gasteiger charge is 2.17. The molecule has 0 saturated heterocycles. The molecule has 0 radical (unpaired) electrons. The van der Waals surface area contributed by atoms with Crippen LogP contribution in [0.15, 0.2) is 59.3 Å². The molecule has 0 aliphatic heterocycles. The minimum absolute atomic E-state index is 0.0781. The van der Waals surface area contributed by atoms with Crippen LogP contribution in [0.4, 0.5) is 0 Å². The van der Waals surface area contributed by atoms with Crippen molar-refractivity contribution in [3.63, 3.8) is 0 Å². The first kappa shape index (κ1) is 29.0. The zero-order chi connectivity index (χ0) is 26.2. The van der Waals surface area contributed by atoms with E-state index in [0.29, 0.717) is 31.1 Å². The summed E-state index contributed by atoms with van der Waals surface area (Å²) in [5.74, 6) is 1.24. The third kappa shape index (κ3) is 10.1. The molecule has 0 unspecified atom stereocenters. The molecule has 6 nitrogen and oxygen atoms in total. The summed E-state index contributed by atoms with van der Waals surface area (Å²) in [6, 6.07) is 5.69. The molecule has 3 rings (SSSR count). The summed E-state index contributed by atoms with van der Waals surface area (Å²) in [5.41, 5.74) is 2.69. The van der Waals surface area contributed by atoms with Crippen LogP contribution in [0.2, 0.25) is 0 Å². The predicted molar refractivity (Wildman–Crippen MR) is 145 cm³/mol. The van der Waals surface area contributed by atoms with Gasteiger partial charge < -0.3 is 19.0 Å². The van der Waals surface area contributed by atoms with Crippen molar-refractivity contribution in [3.05, 3.63) is 72.0 Å². The number of aryl methyl sites for hydroxylation is 1. The monoisotopic (exact) mass is 495 g/mol. The fraction of sp³-hybridized carbons (Fsp3) is 0.467. The molecule has 1 heterocycles. The number of nitrogens with zero attached hydrogens (tertiary/aromatic N) is 1. The van der Waals surface area contributed by atoms with Crippen molar-refractivity contribution in [2.24, 2.45) is 0 Å². The van der Waals surface area contributed by atoms with Crippen molar-refractivity contribution < 1.29 is 23.8 Å². The maximum Gasteiger partial charge on any atom is 0.303 e. The zero-order valence-corrected chi connectivity index (χ0v) is 22.2. The van der Waals surface area contributed by atoms with E-state index in [1.807, 2.05) is 76.3 Å². The van der Waals surface area contributed by atoms with Crippen LogP contribution < -0.4 is 9.47 Å². The molecule has 2 aromatic rings. The van der Waals surface area contributed by atoms with Crippen LogP contribution in [0.5, 0.6) is 11.5 Å². The van der Waals surface area contributed by atoms with E-state index in [-0.39, 0.29) is 12.5 Å². The number of aliphatic carboxylic acids is 1. The van der Waals surface area contributed by atoms with Gasteiger partial charge in [0.2, 0.25) is 5.89 Å². The Morgan fingerprint density at radius 3 is 2.64 bits per heavy atom. The standard InChI is InChI=1S/C28H35NO5.C2H6/c1-3-4-5-7-10-21(2)28-29-23(20-33-28)17-18-32-25-15-13-22(14-16-27(30)31)26(19-25)34-24-11-8-6-9-12-24;1-2/h3-5,7,10,13,15,19-20,24H,6,8-9,11-12,14,16-18H2,1-2H3,(H,30,31);1-2H3/b4-3-,7-5-,21-10+;. The number of benzene rings is 1. The van der Waals surface area contributed by atoms with Gasteiger partial charge in [0.15, 0.2) is 0 Å². The van der Waals surface area contributed by atoms with Gasteiger partial charge in [0, 0.05) is 24.5 Å². The second-order valence-corrected chi connectivity index (χ2v) is 8.54. The van der Waals surface area contributed by atoms with Crippen LogP contribution >= 0.6 is 0 Å². The summed E-state index contributed by atoms with van der Waals surface area (Å²) < 4.78 is 17.9. The lowest BCUT2D eigenvalue weighted by molar-refractivity contribution is -0.136. The predicted octanol–water partition coefficient (Wildman–Crippen LogP) is 7.59. The molecule has 0 atom stereocenters. The second-order valence-electron chi connectivity index (χ2n) is 8.54. The van der Waals surface area contributed by atoms with Gasteiger partial charge in [-0.2, -0.15) is 0 Å². The number of carboxylic acids is 1. The summed E-state index contributed by atoms with van der Waals surface area (Å²) >= 11 is 0. The summed E-state index contributed by atoms with van der Waals surface area (Å²) in [6.07, 6.45) is 18.5. The molecule has 0 bridgehead atoms. The maximum absolute atomic E-state index is 11.1. The van der Waals surface area contributed by atoms with E-state index in [1.165, 1.54) is 19.3 Å². The first-order chi connectivity index (χ1) is 17.5. The highest BCUT2D eigenvalue weighted by Crippen LogP contribution is 2.30. The minimum atomic E-state index is -0.810. The highest BCUT2D eigenvalue weighted by atomic mass is 16.5. The molecule has 36 heavy (non-hydrogen) atoms. The molecular formula is C30H41NO5. The summed E-state index contributed by atoms with van der Waals surface area (Å²) in [4.78, 5) is 15.6. The van der Waals surface area contributed by atoms with Crippen molar-refractivity contribution in [1.82, 2.24) is 4.98 Å². The number of aromatic nitrogens is 1. The quantitative estimate of drug-likeness (QED) is 0.306. The lowest BCUT2D eigenvalue weighted by Gasteiger charge is -2.24. The Bertz CT molecular complexity index is 1010. The van der Waals surface area contributed by atoms with E-state index in [4.69, 9.17) is 19.0 Å². The van der Waals surface area contributed by atoms with Crippen LogP contribution in [0.1, 0.15) is 83.4 Å². The van der Waals surface area contributed by atoms with Gasteiger partial charge in [0.25, 0.3) is 0 Å².